The molecule has 4 heterocycles. The Morgan fingerprint density at radius 3 is 2.73 bits per heavy atom. The Morgan fingerprint density at radius 1 is 1.06 bits per heavy atom. The number of hydrogen-bond donors (Lipinski definition) is 1. The Hall–Kier alpha value is -2.97. The second-order valence-electron chi connectivity index (χ2n) is 9.01. The maximum absolute atomic E-state index is 13.3. The maximum Gasteiger partial charge on any atom is 0.236 e. The van der Waals surface area contributed by atoms with E-state index in [1.54, 1.807) is 12.4 Å². The highest BCUT2D eigenvalue weighted by molar-refractivity contribution is 5.82. The van der Waals surface area contributed by atoms with Crippen molar-refractivity contribution in [2.75, 3.05) is 57.4 Å². The van der Waals surface area contributed by atoms with E-state index in [-0.39, 0.29) is 23.8 Å². The first-order valence-corrected chi connectivity index (χ1v) is 11.8. The van der Waals surface area contributed by atoms with Crippen molar-refractivity contribution in [2.24, 2.45) is 5.92 Å². The number of para-hydroxylation sites is 1. The van der Waals surface area contributed by atoms with Crippen molar-refractivity contribution in [2.45, 2.75) is 19.0 Å². The number of ether oxygens (including phenoxy) is 1. The van der Waals surface area contributed by atoms with E-state index >= 15 is 0 Å². The molecule has 2 saturated heterocycles. The molecule has 2 fully saturated rings. The topological polar surface area (TPSA) is 78.0 Å². The van der Waals surface area contributed by atoms with Crippen molar-refractivity contribution >= 4 is 17.5 Å². The zero-order valence-corrected chi connectivity index (χ0v) is 18.9. The number of anilines is 1. The lowest BCUT2D eigenvalue weighted by Gasteiger charge is -2.49. The fourth-order valence-electron chi connectivity index (χ4n) is 5.19. The quantitative estimate of drug-likeness (QED) is 0.732. The number of amides is 2. The van der Waals surface area contributed by atoms with Gasteiger partial charge in [0.15, 0.2) is 0 Å². The molecule has 1 aromatic carbocycles. The Labute approximate surface area is 194 Å². The lowest BCUT2D eigenvalue weighted by atomic mass is 9.83. The van der Waals surface area contributed by atoms with Crippen molar-refractivity contribution in [3.05, 3.63) is 59.9 Å². The highest BCUT2D eigenvalue weighted by Crippen LogP contribution is 2.36. The third-order valence-corrected chi connectivity index (χ3v) is 6.96. The van der Waals surface area contributed by atoms with Gasteiger partial charge in [-0.2, -0.15) is 0 Å². The smallest absolute Gasteiger partial charge is 0.236 e. The van der Waals surface area contributed by atoms with E-state index in [4.69, 9.17) is 4.74 Å². The molecule has 0 spiro atoms. The highest BCUT2D eigenvalue weighted by atomic mass is 16.5. The number of nitrogens with zero attached hydrogens (tertiary/aromatic N) is 4. The van der Waals surface area contributed by atoms with Crippen LogP contribution in [0, 0.1) is 5.92 Å². The Bertz CT molecular complexity index is 979. The minimum Gasteiger partial charge on any atom is -0.378 e. The third-order valence-electron chi connectivity index (χ3n) is 6.96. The number of morpholine rings is 1. The number of rotatable bonds is 5. The van der Waals surface area contributed by atoms with E-state index in [0.29, 0.717) is 52.4 Å². The first-order valence-electron chi connectivity index (χ1n) is 11.8. The first kappa shape index (κ1) is 21.9. The number of carbonyl (C=O) groups is 2. The van der Waals surface area contributed by atoms with Crippen LogP contribution in [-0.4, -0.2) is 85.1 Å². The molecule has 0 bridgehead atoms. The van der Waals surface area contributed by atoms with Crippen LogP contribution < -0.4 is 10.2 Å². The van der Waals surface area contributed by atoms with E-state index in [2.05, 4.69) is 38.3 Å². The largest absolute Gasteiger partial charge is 0.378 e. The molecule has 8 nitrogen and oxygen atoms in total. The van der Waals surface area contributed by atoms with E-state index in [1.807, 2.05) is 23.1 Å². The van der Waals surface area contributed by atoms with Crippen LogP contribution in [0.25, 0.3) is 0 Å². The summed E-state index contributed by atoms with van der Waals surface area (Å²) >= 11 is 0. The van der Waals surface area contributed by atoms with E-state index < -0.39 is 0 Å². The third kappa shape index (κ3) is 4.86. The number of benzene rings is 1. The van der Waals surface area contributed by atoms with Gasteiger partial charge in [0.2, 0.25) is 11.8 Å². The van der Waals surface area contributed by atoms with Crippen molar-refractivity contribution < 1.29 is 14.3 Å². The molecule has 8 heteroatoms. The molecule has 33 heavy (non-hydrogen) atoms. The van der Waals surface area contributed by atoms with Gasteiger partial charge in [0.25, 0.3) is 0 Å². The van der Waals surface area contributed by atoms with Gasteiger partial charge in [0.1, 0.15) is 0 Å². The molecule has 2 aromatic rings. The summed E-state index contributed by atoms with van der Waals surface area (Å²) in [6.07, 6.45) is 4.22. The summed E-state index contributed by atoms with van der Waals surface area (Å²) in [5.74, 6) is 0.0445. The summed E-state index contributed by atoms with van der Waals surface area (Å²) in [7, 11) is 0. The SMILES string of the molecule is O=C(NCc1cccnc1)[C@@H]1Cc2ccccc2N2CCN(CC(=O)N3CCOCC3)C[C@@H]12. The van der Waals surface area contributed by atoms with Gasteiger partial charge < -0.3 is 19.9 Å². The van der Waals surface area contributed by atoms with Gasteiger partial charge in [-0.05, 0) is 29.7 Å². The molecule has 3 aliphatic heterocycles. The lowest BCUT2D eigenvalue weighted by Crippen LogP contribution is -2.62. The average Bonchev–Trinajstić information content (AvgIpc) is 2.88. The van der Waals surface area contributed by atoms with Crippen molar-refractivity contribution in [3.8, 4) is 0 Å². The number of hydrogen-bond acceptors (Lipinski definition) is 6. The lowest BCUT2D eigenvalue weighted by molar-refractivity contribution is -0.136. The van der Waals surface area contributed by atoms with Crippen LogP contribution in [0.3, 0.4) is 0 Å². The van der Waals surface area contributed by atoms with Gasteiger partial charge in [0.05, 0.1) is 31.7 Å². The second-order valence-corrected chi connectivity index (χ2v) is 9.01. The van der Waals surface area contributed by atoms with Crippen LogP contribution in [0.2, 0.25) is 0 Å². The number of carbonyl (C=O) groups excluding carboxylic acids is 2. The van der Waals surface area contributed by atoms with Crippen molar-refractivity contribution in [1.29, 1.82) is 0 Å². The first-order chi connectivity index (χ1) is 16.2. The van der Waals surface area contributed by atoms with Gasteiger partial charge in [-0.3, -0.25) is 19.5 Å². The van der Waals surface area contributed by atoms with E-state index in [1.165, 1.54) is 11.3 Å². The van der Waals surface area contributed by atoms with Crippen LogP contribution in [0.5, 0.6) is 0 Å². The average molecular weight is 450 g/mol. The highest BCUT2D eigenvalue weighted by Gasteiger charge is 2.41. The van der Waals surface area contributed by atoms with Crippen molar-refractivity contribution in [3.63, 3.8) is 0 Å². The molecule has 2 amide bonds. The van der Waals surface area contributed by atoms with Crippen LogP contribution in [0.1, 0.15) is 11.1 Å². The molecule has 0 unspecified atom stereocenters. The van der Waals surface area contributed by atoms with Crippen LogP contribution >= 0.6 is 0 Å². The fraction of sp³-hybridized carbons (Fsp3) is 0.480. The minimum atomic E-state index is -0.169. The van der Waals surface area contributed by atoms with Gasteiger partial charge in [-0.1, -0.05) is 24.3 Å². The predicted octanol–water partition coefficient (Wildman–Crippen LogP) is 0.920. The van der Waals surface area contributed by atoms with Crippen LogP contribution in [0.4, 0.5) is 5.69 Å². The molecule has 0 aliphatic carbocycles. The summed E-state index contributed by atoms with van der Waals surface area (Å²) in [4.78, 5) is 36.8. The number of fused-ring (bicyclic) bond motifs is 3. The van der Waals surface area contributed by atoms with E-state index in [9.17, 15) is 9.59 Å². The molecule has 174 valence electrons. The monoisotopic (exact) mass is 449 g/mol. The second kappa shape index (κ2) is 9.89. The molecular formula is C25H31N5O3. The Morgan fingerprint density at radius 2 is 1.91 bits per heavy atom. The number of nitrogens with one attached hydrogen (secondary N) is 1. The van der Waals surface area contributed by atoms with E-state index in [0.717, 1.165) is 18.7 Å². The Kier molecular flexibility index (Phi) is 6.55. The van der Waals surface area contributed by atoms with Crippen LogP contribution in [-0.2, 0) is 27.3 Å². The van der Waals surface area contributed by atoms with Crippen LogP contribution in [0.15, 0.2) is 48.8 Å². The summed E-state index contributed by atoms with van der Waals surface area (Å²) in [6.45, 7) is 5.73. The number of pyridine rings is 1. The molecule has 1 N–H and O–H groups in total. The van der Waals surface area contributed by atoms with Gasteiger partial charge >= 0.3 is 0 Å². The summed E-state index contributed by atoms with van der Waals surface area (Å²) in [5.41, 5.74) is 3.42. The van der Waals surface area contributed by atoms with Gasteiger partial charge in [-0.25, -0.2) is 0 Å². The number of piperazine rings is 1. The molecule has 0 radical (unpaired) electrons. The zero-order chi connectivity index (χ0) is 22.6. The fourth-order valence-corrected chi connectivity index (χ4v) is 5.19. The minimum absolute atomic E-state index is 0.0417. The molecule has 3 aliphatic rings. The molecule has 0 saturated carbocycles. The standard InChI is InChI=1S/C25H31N5O3/c31-24(29-10-12-33-13-11-29)18-28-8-9-30-22-6-2-1-5-20(22)14-21(23(30)17-28)25(32)27-16-19-4-3-7-26-15-19/h1-7,15,21,23H,8-14,16-18H2,(H,27,32)/t21-,23+/m1/s1. The molecule has 5 rings (SSSR count). The summed E-state index contributed by atoms with van der Waals surface area (Å²) in [5, 5.41) is 3.13. The van der Waals surface area contributed by atoms with Gasteiger partial charge in [-0.15, -0.1) is 0 Å². The summed E-state index contributed by atoms with van der Waals surface area (Å²) in [6, 6.07) is 12.3. The molecule has 1 aromatic heterocycles. The van der Waals surface area contributed by atoms with Crippen molar-refractivity contribution in [1.82, 2.24) is 20.1 Å². The zero-order valence-electron chi connectivity index (χ0n) is 18.9. The molecular weight excluding hydrogens is 418 g/mol. The maximum atomic E-state index is 13.3. The molecule has 2 atom stereocenters. The number of aromatic nitrogens is 1. The predicted molar refractivity (Wildman–Crippen MR) is 125 cm³/mol. The summed E-state index contributed by atoms with van der Waals surface area (Å²) < 4.78 is 5.38. The normalized spacial score (nSPS) is 22.9. The Balaban J connectivity index is 1.30. The van der Waals surface area contributed by atoms with Gasteiger partial charge in [0, 0.05) is 57.3 Å².